The average molecular weight is 347 g/mol. The number of hydrogen-bond acceptors (Lipinski definition) is 5. The summed E-state index contributed by atoms with van der Waals surface area (Å²) in [6, 6.07) is 7.17. The van der Waals surface area contributed by atoms with E-state index in [9.17, 15) is 8.89 Å². The summed E-state index contributed by atoms with van der Waals surface area (Å²) >= 11 is -0.583. The number of aliphatic hydroxyl groups is 2. The van der Waals surface area contributed by atoms with Crippen molar-refractivity contribution in [2.24, 2.45) is 0 Å². The minimum atomic E-state index is -1.85. The standard InChI is InChI=1S/C12H18AsNO4S/c1-13(18)9-2-4-10(5-3-9)14-12(17)8-19-7-11(16)6-15/h2-5,11,15-16,18H,6-8H2,1H3,(H,14,17). The first-order valence-corrected chi connectivity index (χ1v) is 10.5. The van der Waals surface area contributed by atoms with E-state index >= 15 is 0 Å². The van der Waals surface area contributed by atoms with Crippen molar-refractivity contribution in [3.8, 4) is 0 Å². The molecule has 5 nitrogen and oxygen atoms in total. The molecule has 0 spiro atoms. The van der Waals surface area contributed by atoms with Crippen molar-refractivity contribution in [2.75, 3.05) is 23.4 Å². The van der Waals surface area contributed by atoms with Crippen molar-refractivity contribution in [2.45, 2.75) is 11.8 Å². The maximum atomic E-state index is 11.6. The molecule has 7 heteroatoms. The van der Waals surface area contributed by atoms with E-state index < -0.39 is 21.1 Å². The average Bonchev–Trinajstić information content (AvgIpc) is 2.39. The Kier molecular flexibility index (Phi) is 7.49. The van der Waals surface area contributed by atoms with Crippen LogP contribution in [0.3, 0.4) is 0 Å². The molecule has 1 aromatic rings. The Morgan fingerprint density at radius 3 is 2.58 bits per heavy atom. The molecule has 0 saturated heterocycles. The van der Waals surface area contributed by atoms with Gasteiger partial charge in [-0.2, -0.15) is 0 Å². The van der Waals surface area contributed by atoms with Gasteiger partial charge in [-0.15, -0.1) is 0 Å². The van der Waals surface area contributed by atoms with Crippen LogP contribution >= 0.6 is 11.8 Å². The number of hydrogen-bond donors (Lipinski definition) is 4. The first-order valence-electron chi connectivity index (χ1n) is 5.72. The van der Waals surface area contributed by atoms with Crippen molar-refractivity contribution in [1.29, 1.82) is 0 Å². The SMILES string of the molecule is C[As](O)c1ccc(NC(=O)CSCC(O)CO)cc1. The molecule has 0 fully saturated rings. The van der Waals surface area contributed by atoms with Gasteiger partial charge < -0.3 is 0 Å². The summed E-state index contributed by atoms with van der Waals surface area (Å²) in [4.78, 5) is 11.6. The van der Waals surface area contributed by atoms with Gasteiger partial charge in [0.1, 0.15) is 0 Å². The molecule has 1 rings (SSSR count). The number of thioether (sulfide) groups is 1. The Morgan fingerprint density at radius 1 is 1.42 bits per heavy atom. The third-order valence-electron chi connectivity index (χ3n) is 2.28. The molecule has 0 aliphatic carbocycles. The Balaban J connectivity index is 2.36. The number of nitrogens with one attached hydrogen (secondary N) is 1. The Morgan fingerprint density at radius 2 is 2.05 bits per heavy atom. The van der Waals surface area contributed by atoms with Gasteiger partial charge in [-0.1, -0.05) is 0 Å². The molecule has 0 saturated carbocycles. The van der Waals surface area contributed by atoms with Gasteiger partial charge in [0, 0.05) is 0 Å². The van der Waals surface area contributed by atoms with Crippen LogP contribution in [0.15, 0.2) is 24.3 Å². The summed E-state index contributed by atoms with van der Waals surface area (Å²) in [5.74, 6) is 0.402. The maximum absolute atomic E-state index is 11.6. The fourth-order valence-corrected chi connectivity index (χ4v) is 3.27. The van der Waals surface area contributed by atoms with Crippen molar-refractivity contribution in [1.82, 2.24) is 0 Å². The van der Waals surface area contributed by atoms with Gasteiger partial charge in [-0.3, -0.25) is 0 Å². The van der Waals surface area contributed by atoms with Crippen LogP contribution in [-0.4, -0.2) is 59.4 Å². The zero-order chi connectivity index (χ0) is 14.3. The molecule has 19 heavy (non-hydrogen) atoms. The molecule has 1 amide bonds. The first-order chi connectivity index (χ1) is 9.02. The molecule has 106 valence electrons. The molecule has 0 aliphatic rings. The van der Waals surface area contributed by atoms with E-state index in [0.29, 0.717) is 11.4 Å². The van der Waals surface area contributed by atoms with Crippen LogP contribution in [0.5, 0.6) is 0 Å². The molecule has 2 unspecified atom stereocenters. The molecule has 0 bridgehead atoms. The molecular weight excluding hydrogens is 329 g/mol. The number of rotatable bonds is 7. The van der Waals surface area contributed by atoms with Crippen LogP contribution in [0.2, 0.25) is 5.71 Å². The number of carbonyl (C=O) groups excluding carboxylic acids is 1. The van der Waals surface area contributed by atoms with E-state index in [1.165, 1.54) is 11.8 Å². The molecular formula is C12H18AsNO4S. The molecule has 1 aromatic carbocycles. The van der Waals surface area contributed by atoms with Gasteiger partial charge in [0.15, 0.2) is 0 Å². The predicted molar refractivity (Wildman–Crippen MR) is 79.0 cm³/mol. The zero-order valence-corrected chi connectivity index (χ0v) is 13.3. The van der Waals surface area contributed by atoms with Gasteiger partial charge in [-0.25, -0.2) is 0 Å². The molecule has 0 aliphatic heterocycles. The Labute approximate surface area is 121 Å². The van der Waals surface area contributed by atoms with E-state index in [1.54, 1.807) is 12.1 Å². The summed E-state index contributed by atoms with van der Waals surface area (Å²) in [5.41, 5.74) is 2.51. The second-order valence-electron chi connectivity index (χ2n) is 3.97. The van der Waals surface area contributed by atoms with E-state index in [4.69, 9.17) is 10.2 Å². The van der Waals surface area contributed by atoms with Gasteiger partial charge in [-0.05, 0) is 0 Å². The number of benzene rings is 1. The minimum absolute atomic E-state index is 0.155. The molecule has 0 radical (unpaired) electrons. The van der Waals surface area contributed by atoms with Crippen LogP contribution in [-0.2, 0) is 4.79 Å². The predicted octanol–water partition coefficient (Wildman–Crippen LogP) is -0.468. The molecule has 0 heterocycles. The van der Waals surface area contributed by atoms with E-state index in [1.807, 2.05) is 17.8 Å². The normalized spacial score (nSPS) is 13.9. The molecule has 2 atom stereocenters. The summed E-state index contributed by atoms with van der Waals surface area (Å²) in [5, 5.41) is 20.5. The van der Waals surface area contributed by atoms with E-state index in [-0.39, 0.29) is 18.3 Å². The van der Waals surface area contributed by atoms with Gasteiger partial charge >= 0.3 is 121 Å². The van der Waals surface area contributed by atoms with Crippen LogP contribution < -0.4 is 9.67 Å². The van der Waals surface area contributed by atoms with Gasteiger partial charge in [0.25, 0.3) is 0 Å². The second-order valence-corrected chi connectivity index (χ2v) is 8.28. The fourth-order valence-electron chi connectivity index (χ4n) is 1.30. The number of aliphatic hydroxyl groups excluding tert-OH is 2. The van der Waals surface area contributed by atoms with Crippen LogP contribution in [0, 0.1) is 0 Å². The summed E-state index contributed by atoms with van der Waals surface area (Å²) in [6.07, 6.45) is -0.784. The third kappa shape index (κ3) is 6.45. The number of anilines is 1. The summed E-state index contributed by atoms with van der Waals surface area (Å²) in [7, 11) is 0. The quantitative estimate of drug-likeness (QED) is 0.501. The van der Waals surface area contributed by atoms with Crippen molar-refractivity contribution in [3.05, 3.63) is 24.3 Å². The van der Waals surface area contributed by atoms with Gasteiger partial charge in [0.2, 0.25) is 0 Å². The third-order valence-corrected chi connectivity index (χ3v) is 5.56. The monoisotopic (exact) mass is 347 g/mol. The Hall–Kier alpha value is -0.522. The topological polar surface area (TPSA) is 89.8 Å². The fraction of sp³-hybridized carbons (Fsp3) is 0.417. The summed E-state index contributed by atoms with van der Waals surface area (Å²) in [6.45, 7) is -0.292. The number of carbonyl (C=O) groups is 1. The number of amides is 1. The van der Waals surface area contributed by atoms with Crippen LogP contribution in [0.1, 0.15) is 0 Å². The van der Waals surface area contributed by atoms with Crippen LogP contribution in [0.25, 0.3) is 0 Å². The van der Waals surface area contributed by atoms with Crippen molar-refractivity contribution < 1.29 is 19.1 Å². The first kappa shape index (κ1) is 16.5. The van der Waals surface area contributed by atoms with E-state index in [0.717, 1.165) is 4.35 Å². The van der Waals surface area contributed by atoms with Gasteiger partial charge in [0.05, 0.1) is 0 Å². The zero-order valence-electron chi connectivity index (χ0n) is 10.6. The molecule has 4 N–H and O–H groups in total. The van der Waals surface area contributed by atoms with Crippen LogP contribution in [0.4, 0.5) is 5.69 Å². The van der Waals surface area contributed by atoms with Crippen molar-refractivity contribution >= 4 is 42.7 Å². The second kappa shape index (κ2) is 8.61. The Bertz CT molecular complexity index is 399. The molecule has 0 aromatic heterocycles. The van der Waals surface area contributed by atoms with E-state index in [2.05, 4.69) is 5.32 Å². The van der Waals surface area contributed by atoms with Crippen molar-refractivity contribution in [3.63, 3.8) is 0 Å². The summed E-state index contributed by atoms with van der Waals surface area (Å²) < 4.78 is 10.4.